The lowest BCUT2D eigenvalue weighted by Gasteiger charge is -2.09. The van der Waals surface area contributed by atoms with E-state index in [1.165, 1.54) is 0 Å². The topological polar surface area (TPSA) is 96.4 Å². The second-order valence-corrected chi connectivity index (χ2v) is 2.69. The van der Waals surface area contributed by atoms with E-state index in [0.29, 0.717) is 6.20 Å². The molecule has 0 atom stereocenters. The summed E-state index contributed by atoms with van der Waals surface area (Å²) in [5.74, 6) is -2.44. The van der Waals surface area contributed by atoms with Crippen LogP contribution in [0.25, 0.3) is 0 Å². The Labute approximate surface area is 83.2 Å². The molecule has 82 valence electrons. The average molecular weight is 218 g/mol. The summed E-state index contributed by atoms with van der Waals surface area (Å²) < 4.78 is 24.7. The Hall–Kier alpha value is -1.76. The summed E-state index contributed by atoms with van der Waals surface area (Å²) in [4.78, 5) is 14.1. The lowest BCUT2D eigenvalue weighted by Crippen LogP contribution is -2.09. The van der Waals surface area contributed by atoms with Crippen LogP contribution in [0.5, 0.6) is 5.75 Å². The third-order valence-electron chi connectivity index (χ3n) is 1.80. The molecule has 0 aromatic carbocycles. The van der Waals surface area contributed by atoms with Gasteiger partial charge in [0.15, 0.2) is 5.75 Å². The molecule has 1 aromatic heterocycles. The highest BCUT2D eigenvalue weighted by atomic mass is 19.3. The van der Waals surface area contributed by atoms with E-state index in [2.05, 4.69) is 4.98 Å². The SMILES string of the molecule is NCc1ncc(C(F)F)c(C(=O)O)c1O. The van der Waals surface area contributed by atoms with Crippen LogP contribution in [0.4, 0.5) is 8.78 Å². The first-order valence-corrected chi connectivity index (χ1v) is 3.91. The van der Waals surface area contributed by atoms with Crippen molar-refractivity contribution in [1.82, 2.24) is 4.98 Å². The monoisotopic (exact) mass is 218 g/mol. The van der Waals surface area contributed by atoms with Crippen LogP contribution in [0.15, 0.2) is 6.20 Å². The van der Waals surface area contributed by atoms with Crippen molar-refractivity contribution in [2.24, 2.45) is 5.73 Å². The van der Waals surface area contributed by atoms with Crippen molar-refractivity contribution >= 4 is 5.97 Å². The van der Waals surface area contributed by atoms with Crippen LogP contribution in [-0.4, -0.2) is 21.2 Å². The van der Waals surface area contributed by atoms with Gasteiger partial charge in [-0.05, 0) is 0 Å². The molecule has 0 radical (unpaired) electrons. The first-order chi connectivity index (χ1) is 6.99. The number of nitrogens with zero attached hydrogens (tertiary/aromatic N) is 1. The minimum absolute atomic E-state index is 0.128. The van der Waals surface area contributed by atoms with Crippen molar-refractivity contribution in [2.75, 3.05) is 0 Å². The molecule has 15 heavy (non-hydrogen) atoms. The minimum Gasteiger partial charge on any atom is -0.505 e. The molecule has 0 saturated carbocycles. The third-order valence-corrected chi connectivity index (χ3v) is 1.80. The van der Waals surface area contributed by atoms with Crippen molar-refractivity contribution in [1.29, 1.82) is 0 Å². The molecular weight excluding hydrogens is 210 g/mol. The largest absolute Gasteiger partial charge is 0.505 e. The van der Waals surface area contributed by atoms with Crippen molar-refractivity contribution in [3.8, 4) is 5.75 Å². The van der Waals surface area contributed by atoms with Crippen LogP contribution in [0, 0.1) is 0 Å². The van der Waals surface area contributed by atoms with Gasteiger partial charge in [-0.3, -0.25) is 4.98 Å². The molecule has 0 aliphatic rings. The Morgan fingerprint density at radius 2 is 2.20 bits per heavy atom. The van der Waals surface area contributed by atoms with E-state index >= 15 is 0 Å². The van der Waals surface area contributed by atoms with Crippen molar-refractivity contribution in [2.45, 2.75) is 13.0 Å². The molecule has 5 nitrogen and oxygen atoms in total. The van der Waals surface area contributed by atoms with Crippen LogP contribution >= 0.6 is 0 Å². The van der Waals surface area contributed by atoms with Crippen LogP contribution in [0.1, 0.15) is 28.0 Å². The van der Waals surface area contributed by atoms with E-state index < -0.39 is 29.3 Å². The highest BCUT2D eigenvalue weighted by Crippen LogP contribution is 2.30. The predicted octanol–water partition coefficient (Wildman–Crippen LogP) is 0.882. The molecule has 0 fully saturated rings. The number of hydrogen-bond acceptors (Lipinski definition) is 4. The number of rotatable bonds is 3. The Morgan fingerprint density at radius 3 is 2.60 bits per heavy atom. The third kappa shape index (κ3) is 2.01. The fourth-order valence-electron chi connectivity index (χ4n) is 1.09. The van der Waals surface area contributed by atoms with E-state index in [1.54, 1.807) is 0 Å². The number of carboxylic acids is 1. The molecule has 0 aliphatic carbocycles. The van der Waals surface area contributed by atoms with E-state index in [-0.39, 0.29) is 12.2 Å². The summed E-state index contributed by atoms with van der Waals surface area (Å²) in [6, 6.07) is 0. The molecule has 0 aliphatic heterocycles. The zero-order chi connectivity index (χ0) is 11.6. The molecule has 1 aromatic rings. The van der Waals surface area contributed by atoms with Gasteiger partial charge in [-0.15, -0.1) is 0 Å². The summed E-state index contributed by atoms with van der Waals surface area (Å²) in [6.07, 6.45) is -2.31. The van der Waals surface area contributed by atoms with E-state index in [0.717, 1.165) is 0 Å². The number of aromatic hydroxyl groups is 1. The fourth-order valence-corrected chi connectivity index (χ4v) is 1.09. The molecule has 0 unspecified atom stereocenters. The molecule has 7 heteroatoms. The van der Waals surface area contributed by atoms with E-state index in [9.17, 15) is 18.7 Å². The normalized spacial score (nSPS) is 10.7. The fraction of sp³-hybridized carbons (Fsp3) is 0.250. The smallest absolute Gasteiger partial charge is 0.340 e. The van der Waals surface area contributed by atoms with Gasteiger partial charge in [-0.1, -0.05) is 0 Å². The van der Waals surface area contributed by atoms with Gasteiger partial charge in [0.25, 0.3) is 6.43 Å². The molecule has 1 rings (SSSR count). The van der Waals surface area contributed by atoms with Gasteiger partial charge < -0.3 is 15.9 Å². The summed E-state index contributed by atoms with van der Waals surface area (Å²) in [5.41, 5.74) is 3.35. The van der Waals surface area contributed by atoms with Gasteiger partial charge in [0, 0.05) is 12.7 Å². The Kier molecular flexibility index (Phi) is 3.15. The number of aromatic carboxylic acids is 1. The molecule has 0 bridgehead atoms. The lowest BCUT2D eigenvalue weighted by atomic mass is 10.1. The number of aromatic nitrogens is 1. The minimum atomic E-state index is -3.01. The van der Waals surface area contributed by atoms with Gasteiger partial charge in [-0.2, -0.15) is 0 Å². The summed E-state index contributed by atoms with van der Waals surface area (Å²) in [5, 5.41) is 18.0. The number of halogens is 2. The first kappa shape index (κ1) is 11.3. The van der Waals surface area contributed by atoms with Crippen LogP contribution in [0.2, 0.25) is 0 Å². The summed E-state index contributed by atoms with van der Waals surface area (Å²) in [6.45, 7) is -0.227. The Balaban J connectivity index is 3.44. The number of hydrogen-bond donors (Lipinski definition) is 3. The van der Waals surface area contributed by atoms with E-state index in [1.807, 2.05) is 0 Å². The summed E-state index contributed by atoms with van der Waals surface area (Å²) in [7, 11) is 0. The van der Waals surface area contributed by atoms with E-state index in [4.69, 9.17) is 10.8 Å². The van der Waals surface area contributed by atoms with Gasteiger partial charge in [0.1, 0.15) is 5.56 Å². The first-order valence-electron chi connectivity index (χ1n) is 3.91. The average Bonchev–Trinajstić information content (AvgIpc) is 2.16. The number of nitrogens with two attached hydrogens (primary N) is 1. The van der Waals surface area contributed by atoms with Crippen molar-refractivity contribution in [3.63, 3.8) is 0 Å². The number of alkyl halides is 2. The zero-order valence-electron chi connectivity index (χ0n) is 7.44. The molecular formula is C8H8F2N2O3. The molecule has 0 saturated heterocycles. The Morgan fingerprint density at radius 1 is 1.60 bits per heavy atom. The maximum atomic E-state index is 12.4. The maximum absolute atomic E-state index is 12.4. The second kappa shape index (κ2) is 4.18. The maximum Gasteiger partial charge on any atom is 0.340 e. The lowest BCUT2D eigenvalue weighted by molar-refractivity contribution is 0.0680. The zero-order valence-corrected chi connectivity index (χ0v) is 7.44. The van der Waals surface area contributed by atoms with Crippen molar-refractivity contribution in [3.05, 3.63) is 23.0 Å². The quantitative estimate of drug-likeness (QED) is 0.699. The van der Waals surface area contributed by atoms with Crippen LogP contribution in [-0.2, 0) is 6.54 Å². The van der Waals surface area contributed by atoms with Gasteiger partial charge in [0.2, 0.25) is 0 Å². The highest BCUT2D eigenvalue weighted by Gasteiger charge is 2.24. The van der Waals surface area contributed by atoms with Crippen LogP contribution in [0.3, 0.4) is 0 Å². The van der Waals surface area contributed by atoms with Gasteiger partial charge in [0.05, 0.1) is 11.3 Å². The molecule has 0 spiro atoms. The number of pyridine rings is 1. The predicted molar refractivity (Wildman–Crippen MR) is 45.7 cm³/mol. The molecule has 1 heterocycles. The highest BCUT2D eigenvalue weighted by molar-refractivity contribution is 5.92. The summed E-state index contributed by atoms with van der Waals surface area (Å²) >= 11 is 0. The van der Waals surface area contributed by atoms with Crippen molar-refractivity contribution < 1.29 is 23.8 Å². The van der Waals surface area contributed by atoms with Crippen LogP contribution < -0.4 is 5.73 Å². The van der Waals surface area contributed by atoms with Gasteiger partial charge in [-0.25, -0.2) is 13.6 Å². The number of carboxylic acid groups (broad SMARTS) is 1. The molecule has 0 amide bonds. The van der Waals surface area contributed by atoms with Gasteiger partial charge >= 0.3 is 5.97 Å². The Bertz CT molecular complexity index is 396. The second-order valence-electron chi connectivity index (χ2n) is 2.69. The molecule has 4 N–H and O–H groups in total. The number of carbonyl (C=O) groups is 1. The standard InChI is InChI=1S/C8H8F2N2O3/c9-7(10)3-2-12-4(1-11)6(13)5(3)8(14)15/h2,7,13H,1,11H2,(H,14,15).